The largest absolute Gasteiger partial charge is 0.462 e. The summed E-state index contributed by atoms with van der Waals surface area (Å²) in [7, 11) is 0. The van der Waals surface area contributed by atoms with E-state index in [9.17, 15) is 4.79 Å². The fourth-order valence-electron chi connectivity index (χ4n) is 2.26. The molecule has 1 N–H and O–H groups in total. The zero-order valence-electron chi connectivity index (χ0n) is 8.49. The number of hydrogen-bond donors (Lipinski definition) is 1. The van der Waals surface area contributed by atoms with Crippen molar-refractivity contribution >= 4 is 5.97 Å². The molecule has 0 aromatic rings. The van der Waals surface area contributed by atoms with Gasteiger partial charge in [-0.3, -0.25) is 4.79 Å². The van der Waals surface area contributed by atoms with E-state index in [0.717, 1.165) is 6.42 Å². The van der Waals surface area contributed by atoms with Crippen molar-refractivity contribution in [1.82, 2.24) is 0 Å². The smallest absolute Gasteiger partial charge is 0.302 e. The molecule has 0 aromatic carbocycles. The molecular weight excluding hydrogens is 168 g/mol. The van der Waals surface area contributed by atoms with Gasteiger partial charge in [0.15, 0.2) is 0 Å². The van der Waals surface area contributed by atoms with Crippen LogP contribution in [0.2, 0.25) is 0 Å². The molecule has 0 saturated heterocycles. The molecular formula is C10H18O3. The van der Waals surface area contributed by atoms with Crippen LogP contribution in [0.25, 0.3) is 0 Å². The highest BCUT2D eigenvalue weighted by molar-refractivity contribution is 5.66. The van der Waals surface area contributed by atoms with E-state index in [1.54, 1.807) is 0 Å². The fourth-order valence-corrected chi connectivity index (χ4v) is 2.26. The van der Waals surface area contributed by atoms with Gasteiger partial charge in [0.25, 0.3) is 0 Å². The van der Waals surface area contributed by atoms with Gasteiger partial charge >= 0.3 is 5.97 Å². The Hall–Kier alpha value is -0.570. The summed E-state index contributed by atoms with van der Waals surface area (Å²) >= 11 is 0. The highest BCUT2D eigenvalue weighted by atomic mass is 16.5. The topological polar surface area (TPSA) is 46.5 Å². The van der Waals surface area contributed by atoms with Crippen LogP contribution in [0.1, 0.15) is 27.2 Å². The van der Waals surface area contributed by atoms with Crippen molar-refractivity contribution in [3.05, 3.63) is 0 Å². The molecule has 0 bridgehead atoms. The molecule has 3 nitrogen and oxygen atoms in total. The Bertz CT molecular complexity index is 191. The molecule has 0 radical (unpaired) electrons. The Kier molecular flexibility index (Phi) is 3.31. The van der Waals surface area contributed by atoms with Crippen molar-refractivity contribution in [2.24, 2.45) is 17.8 Å². The lowest BCUT2D eigenvalue weighted by Gasteiger charge is -2.19. The van der Waals surface area contributed by atoms with Crippen LogP contribution in [0.5, 0.6) is 0 Å². The van der Waals surface area contributed by atoms with Crippen LogP contribution < -0.4 is 0 Å². The Morgan fingerprint density at radius 3 is 2.54 bits per heavy atom. The van der Waals surface area contributed by atoms with E-state index in [1.807, 2.05) is 6.92 Å². The second kappa shape index (κ2) is 4.09. The third kappa shape index (κ3) is 2.21. The van der Waals surface area contributed by atoms with Crippen molar-refractivity contribution in [3.8, 4) is 0 Å². The first kappa shape index (κ1) is 10.5. The second-order valence-electron chi connectivity index (χ2n) is 4.07. The summed E-state index contributed by atoms with van der Waals surface area (Å²) < 4.78 is 5.18. The Labute approximate surface area is 79.1 Å². The third-order valence-electron chi connectivity index (χ3n) is 3.12. The standard InChI is InChI=1S/C10H18O3/c1-6-4-10(13-8(3)12)7(2)9(6)5-11/h6-7,9-11H,4-5H2,1-3H3/t6-,7-,9+,10+/m1/s1. The van der Waals surface area contributed by atoms with Crippen LogP contribution in [-0.4, -0.2) is 23.8 Å². The van der Waals surface area contributed by atoms with Gasteiger partial charge in [0.2, 0.25) is 0 Å². The first-order chi connectivity index (χ1) is 6.06. The lowest BCUT2D eigenvalue weighted by atomic mass is 9.92. The van der Waals surface area contributed by atoms with E-state index in [2.05, 4.69) is 6.92 Å². The molecule has 0 heterocycles. The van der Waals surface area contributed by atoms with Crippen molar-refractivity contribution in [3.63, 3.8) is 0 Å². The van der Waals surface area contributed by atoms with E-state index in [0.29, 0.717) is 5.92 Å². The first-order valence-electron chi connectivity index (χ1n) is 4.84. The highest BCUT2D eigenvalue weighted by Gasteiger charge is 2.39. The van der Waals surface area contributed by atoms with E-state index < -0.39 is 0 Å². The number of esters is 1. The molecule has 1 fully saturated rings. The number of aliphatic hydroxyl groups is 1. The summed E-state index contributed by atoms with van der Waals surface area (Å²) in [6.07, 6.45) is 0.885. The van der Waals surface area contributed by atoms with Gasteiger partial charge in [0, 0.05) is 13.5 Å². The molecule has 4 atom stereocenters. The molecule has 76 valence electrons. The van der Waals surface area contributed by atoms with Gasteiger partial charge in [-0.25, -0.2) is 0 Å². The normalized spacial score (nSPS) is 39.1. The summed E-state index contributed by atoms with van der Waals surface area (Å²) in [6, 6.07) is 0. The molecule has 1 rings (SSSR count). The molecule has 0 unspecified atom stereocenters. The van der Waals surface area contributed by atoms with Gasteiger partial charge in [-0.05, 0) is 24.2 Å². The maximum Gasteiger partial charge on any atom is 0.302 e. The van der Waals surface area contributed by atoms with Crippen LogP contribution in [0.4, 0.5) is 0 Å². The Morgan fingerprint density at radius 1 is 1.54 bits per heavy atom. The van der Waals surface area contributed by atoms with Crippen LogP contribution in [-0.2, 0) is 9.53 Å². The molecule has 13 heavy (non-hydrogen) atoms. The third-order valence-corrected chi connectivity index (χ3v) is 3.12. The fraction of sp³-hybridized carbons (Fsp3) is 0.900. The predicted octanol–water partition coefficient (Wildman–Crippen LogP) is 1.20. The Morgan fingerprint density at radius 2 is 2.15 bits per heavy atom. The number of aliphatic hydroxyl groups excluding tert-OH is 1. The van der Waals surface area contributed by atoms with Gasteiger partial charge in [0.1, 0.15) is 6.10 Å². The van der Waals surface area contributed by atoms with Crippen LogP contribution in [0.3, 0.4) is 0 Å². The first-order valence-corrected chi connectivity index (χ1v) is 4.84. The average Bonchev–Trinajstić information content (AvgIpc) is 2.26. The van der Waals surface area contributed by atoms with Crippen LogP contribution in [0.15, 0.2) is 0 Å². The average molecular weight is 186 g/mol. The van der Waals surface area contributed by atoms with Crippen LogP contribution in [0, 0.1) is 17.8 Å². The van der Waals surface area contributed by atoms with Crippen molar-refractivity contribution < 1.29 is 14.6 Å². The number of hydrogen-bond acceptors (Lipinski definition) is 3. The SMILES string of the molecule is CC(=O)O[C@H]1C[C@@H](C)[C@H](CO)[C@H]1C. The minimum atomic E-state index is -0.220. The van der Waals surface area contributed by atoms with E-state index >= 15 is 0 Å². The minimum Gasteiger partial charge on any atom is -0.462 e. The van der Waals surface area contributed by atoms with Crippen LogP contribution >= 0.6 is 0 Å². The summed E-state index contributed by atoms with van der Waals surface area (Å²) in [5.41, 5.74) is 0. The maximum absolute atomic E-state index is 10.8. The molecule has 1 aliphatic rings. The summed E-state index contributed by atoms with van der Waals surface area (Å²) in [5.74, 6) is 0.792. The van der Waals surface area contributed by atoms with E-state index in [-0.39, 0.29) is 30.5 Å². The molecule has 1 saturated carbocycles. The zero-order chi connectivity index (χ0) is 10.0. The second-order valence-corrected chi connectivity index (χ2v) is 4.07. The monoisotopic (exact) mass is 186 g/mol. The van der Waals surface area contributed by atoms with E-state index in [1.165, 1.54) is 6.92 Å². The lowest BCUT2D eigenvalue weighted by Crippen LogP contribution is -2.23. The number of rotatable bonds is 2. The highest BCUT2D eigenvalue weighted by Crippen LogP contribution is 2.38. The summed E-state index contributed by atoms with van der Waals surface area (Å²) in [4.78, 5) is 10.8. The van der Waals surface area contributed by atoms with Crippen molar-refractivity contribution in [2.45, 2.75) is 33.3 Å². The minimum absolute atomic E-state index is 0.00431. The number of carbonyl (C=O) groups excluding carboxylic acids is 1. The lowest BCUT2D eigenvalue weighted by molar-refractivity contribution is -0.148. The summed E-state index contributed by atoms with van der Waals surface area (Å²) in [6.45, 7) is 5.77. The molecule has 0 spiro atoms. The quantitative estimate of drug-likeness (QED) is 0.659. The summed E-state index contributed by atoms with van der Waals surface area (Å²) in [5, 5.41) is 9.12. The van der Waals surface area contributed by atoms with Gasteiger partial charge in [0.05, 0.1) is 0 Å². The molecule has 1 aliphatic carbocycles. The molecule has 0 amide bonds. The van der Waals surface area contributed by atoms with Crippen molar-refractivity contribution in [1.29, 1.82) is 0 Å². The predicted molar refractivity (Wildman–Crippen MR) is 49.1 cm³/mol. The Balaban J connectivity index is 2.56. The van der Waals surface area contributed by atoms with E-state index in [4.69, 9.17) is 9.84 Å². The van der Waals surface area contributed by atoms with Gasteiger partial charge in [-0.15, -0.1) is 0 Å². The number of ether oxygens (including phenoxy) is 1. The van der Waals surface area contributed by atoms with Crippen molar-refractivity contribution in [2.75, 3.05) is 6.61 Å². The van der Waals surface area contributed by atoms with Gasteiger partial charge < -0.3 is 9.84 Å². The molecule has 0 aromatic heterocycles. The maximum atomic E-state index is 10.8. The van der Waals surface area contributed by atoms with Gasteiger partial charge in [-0.2, -0.15) is 0 Å². The van der Waals surface area contributed by atoms with Gasteiger partial charge in [-0.1, -0.05) is 13.8 Å². The molecule has 0 aliphatic heterocycles. The zero-order valence-corrected chi connectivity index (χ0v) is 8.49. The molecule has 3 heteroatoms. The number of carbonyl (C=O) groups is 1.